The SMILES string of the molecule is O=[N+]([O-])c1cc(F)c(Cl)cc1Nc1ccc(F)c(Cl)c1. The molecule has 4 nitrogen and oxygen atoms in total. The second-order valence-corrected chi connectivity index (χ2v) is 4.61. The fourth-order valence-corrected chi connectivity index (χ4v) is 1.86. The van der Waals surface area contributed by atoms with Crippen LogP contribution >= 0.6 is 23.2 Å². The Bertz CT molecular complexity index is 695. The highest BCUT2D eigenvalue weighted by molar-refractivity contribution is 6.31. The average Bonchev–Trinajstić information content (AvgIpc) is 2.37. The van der Waals surface area contributed by atoms with Crippen molar-refractivity contribution in [1.82, 2.24) is 0 Å². The van der Waals surface area contributed by atoms with Crippen molar-refractivity contribution >= 4 is 40.3 Å². The van der Waals surface area contributed by atoms with Gasteiger partial charge in [0.15, 0.2) is 0 Å². The van der Waals surface area contributed by atoms with Gasteiger partial charge in [0.25, 0.3) is 5.69 Å². The van der Waals surface area contributed by atoms with Crippen LogP contribution in [0.25, 0.3) is 0 Å². The number of halogens is 4. The van der Waals surface area contributed by atoms with Crippen molar-refractivity contribution in [2.75, 3.05) is 5.32 Å². The van der Waals surface area contributed by atoms with E-state index in [0.29, 0.717) is 11.8 Å². The van der Waals surface area contributed by atoms with Crippen LogP contribution in [0.1, 0.15) is 0 Å². The quantitative estimate of drug-likeness (QED) is 0.645. The predicted molar refractivity (Wildman–Crippen MR) is 72.8 cm³/mol. The van der Waals surface area contributed by atoms with Gasteiger partial charge in [-0.1, -0.05) is 23.2 Å². The lowest BCUT2D eigenvalue weighted by molar-refractivity contribution is -0.384. The number of anilines is 2. The van der Waals surface area contributed by atoms with Crippen molar-refractivity contribution in [2.24, 2.45) is 0 Å². The minimum absolute atomic E-state index is 0.0240. The molecule has 0 unspecified atom stereocenters. The molecular weight excluding hydrogens is 313 g/mol. The van der Waals surface area contributed by atoms with E-state index in [1.807, 2.05) is 0 Å². The first-order chi connectivity index (χ1) is 9.38. The highest BCUT2D eigenvalue weighted by Crippen LogP contribution is 2.33. The van der Waals surface area contributed by atoms with E-state index in [2.05, 4.69) is 5.32 Å². The Morgan fingerprint density at radius 1 is 1.05 bits per heavy atom. The summed E-state index contributed by atoms with van der Waals surface area (Å²) in [5.41, 5.74) is -0.210. The number of nitrogens with one attached hydrogen (secondary N) is 1. The van der Waals surface area contributed by atoms with Gasteiger partial charge in [-0.2, -0.15) is 0 Å². The number of benzene rings is 2. The lowest BCUT2D eigenvalue weighted by atomic mass is 10.2. The van der Waals surface area contributed by atoms with E-state index >= 15 is 0 Å². The van der Waals surface area contributed by atoms with Crippen LogP contribution in [-0.2, 0) is 0 Å². The monoisotopic (exact) mass is 318 g/mol. The van der Waals surface area contributed by atoms with Gasteiger partial charge >= 0.3 is 0 Å². The largest absolute Gasteiger partial charge is 0.350 e. The fourth-order valence-electron chi connectivity index (χ4n) is 1.52. The summed E-state index contributed by atoms with van der Waals surface area (Å²) in [6.07, 6.45) is 0. The Balaban J connectivity index is 2.44. The molecule has 0 heterocycles. The van der Waals surface area contributed by atoms with E-state index in [4.69, 9.17) is 23.2 Å². The summed E-state index contributed by atoms with van der Waals surface area (Å²) in [5.74, 6) is -1.52. The van der Waals surface area contributed by atoms with Crippen LogP contribution in [0.2, 0.25) is 10.0 Å². The molecule has 0 aliphatic heterocycles. The number of hydrogen-bond donors (Lipinski definition) is 1. The molecule has 0 saturated carbocycles. The van der Waals surface area contributed by atoms with Crippen LogP contribution in [-0.4, -0.2) is 4.92 Å². The van der Waals surface area contributed by atoms with Crippen LogP contribution in [0.5, 0.6) is 0 Å². The normalized spacial score (nSPS) is 10.4. The minimum Gasteiger partial charge on any atom is -0.350 e. The maximum Gasteiger partial charge on any atom is 0.295 e. The number of rotatable bonds is 3. The van der Waals surface area contributed by atoms with Crippen LogP contribution in [0.15, 0.2) is 30.3 Å². The van der Waals surface area contributed by atoms with E-state index in [-0.39, 0.29) is 15.7 Å². The van der Waals surface area contributed by atoms with Gasteiger partial charge in [0.2, 0.25) is 0 Å². The standard InChI is InChI=1S/C12H6Cl2F2N2O2/c13-7-3-6(1-2-9(7)15)17-11-4-8(14)10(16)5-12(11)18(19)20/h1-5,17H. The zero-order valence-electron chi connectivity index (χ0n) is 9.66. The van der Waals surface area contributed by atoms with E-state index in [9.17, 15) is 18.9 Å². The summed E-state index contributed by atoms with van der Waals surface area (Å²) in [4.78, 5) is 10.1. The van der Waals surface area contributed by atoms with Crippen molar-refractivity contribution in [1.29, 1.82) is 0 Å². The summed E-state index contributed by atoms with van der Waals surface area (Å²) in [7, 11) is 0. The minimum atomic E-state index is -0.902. The van der Waals surface area contributed by atoms with Gasteiger partial charge in [0.05, 0.1) is 21.0 Å². The third kappa shape index (κ3) is 2.97. The average molecular weight is 319 g/mol. The second kappa shape index (κ2) is 5.60. The first-order valence-electron chi connectivity index (χ1n) is 5.24. The molecule has 8 heteroatoms. The molecule has 0 fully saturated rings. The molecule has 0 aliphatic carbocycles. The molecule has 0 spiro atoms. The Labute approximate surface area is 122 Å². The topological polar surface area (TPSA) is 55.2 Å². The second-order valence-electron chi connectivity index (χ2n) is 3.79. The van der Waals surface area contributed by atoms with Crippen molar-refractivity contribution in [2.45, 2.75) is 0 Å². The lowest BCUT2D eigenvalue weighted by Gasteiger charge is -2.08. The summed E-state index contributed by atoms with van der Waals surface area (Å²) in [5, 5.41) is 13.1. The molecule has 1 N–H and O–H groups in total. The Hall–Kier alpha value is -1.92. The molecule has 20 heavy (non-hydrogen) atoms. The van der Waals surface area contributed by atoms with Gasteiger partial charge in [-0.15, -0.1) is 0 Å². The Morgan fingerprint density at radius 2 is 1.70 bits per heavy atom. The third-order valence-corrected chi connectivity index (χ3v) is 3.01. The summed E-state index contributed by atoms with van der Waals surface area (Å²) in [6.45, 7) is 0. The van der Waals surface area contributed by atoms with Crippen molar-refractivity contribution < 1.29 is 13.7 Å². The molecule has 2 aromatic rings. The van der Waals surface area contributed by atoms with Crippen molar-refractivity contribution in [3.8, 4) is 0 Å². The molecule has 0 atom stereocenters. The fraction of sp³-hybridized carbons (Fsp3) is 0. The zero-order chi connectivity index (χ0) is 14.9. The van der Waals surface area contributed by atoms with Gasteiger partial charge in [-0.25, -0.2) is 8.78 Å². The maximum atomic E-state index is 13.2. The Morgan fingerprint density at radius 3 is 2.30 bits per heavy atom. The zero-order valence-corrected chi connectivity index (χ0v) is 11.2. The molecule has 0 amide bonds. The van der Waals surface area contributed by atoms with E-state index in [1.165, 1.54) is 12.1 Å². The predicted octanol–water partition coefficient (Wildman–Crippen LogP) is 4.92. The lowest BCUT2D eigenvalue weighted by Crippen LogP contribution is -1.98. The number of nitro benzene ring substituents is 1. The van der Waals surface area contributed by atoms with Crippen LogP contribution in [0.4, 0.5) is 25.8 Å². The third-order valence-electron chi connectivity index (χ3n) is 2.43. The van der Waals surface area contributed by atoms with E-state index < -0.39 is 22.2 Å². The highest BCUT2D eigenvalue weighted by Gasteiger charge is 2.18. The first-order valence-corrected chi connectivity index (χ1v) is 5.99. The van der Waals surface area contributed by atoms with Crippen LogP contribution in [0, 0.1) is 21.7 Å². The maximum absolute atomic E-state index is 13.2. The molecule has 0 aliphatic rings. The summed E-state index contributed by atoms with van der Waals surface area (Å²) in [6, 6.07) is 5.46. The van der Waals surface area contributed by atoms with Crippen LogP contribution < -0.4 is 5.32 Å². The molecule has 104 valence electrons. The highest BCUT2D eigenvalue weighted by atomic mass is 35.5. The molecule has 0 saturated heterocycles. The summed E-state index contributed by atoms with van der Waals surface area (Å²) < 4.78 is 26.3. The molecular formula is C12H6Cl2F2N2O2. The van der Waals surface area contributed by atoms with Crippen LogP contribution in [0.3, 0.4) is 0 Å². The van der Waals surface area contributed by atoms with Gasteiger partial charge in [0, 0.05) is 5.69 Å². The first kappa shape index (κ1) is 14.5. The van der Waals surface area contributed by atoms with E-state index in [0.717, 1.165) is 12.1 Å². The molecule has 0 bridgehead atoms. The number of hydrogen-bond acceptors (Lipinski definition) is 3. The molecule has 0 radical (unpaired) electrons. The molecule has 0 aromatic heterocycles. The smallest absolute Gasteiger partial charge is 0.295 e. The van der Waals surface area contributed by atoms with Crippen molar-refractivity contribution in [3.05, 3.63) is 62.1 Å². The van der Waals surface area contributed by atoms with Gasteiger partial charge in [-0.3, -0.25) is 10.1 Å². The molecule has 2 rings (SSSR count). The van der Waals surface area contributed by atoms with Gasteiger partial charge in [0.1, 0.15) is 17.3 Å². The van der Waals surface area contributed by atoms with E-state index in [1.54, 1.807) is 0 Å². The number of nitrogens with zero attached hydrogens (tertiary/aromatic N) is 1. The summed E-state index contributed by atoms with van der Waals surface area (Å²) >= 11 is 11.2. The van der Waals surface area contributed by atoms with Crippen molar-refractivity contribution in [3.63, 3.8) is 0 Å². The molecule has 2 aromatic carbocycles. The number of nitro groups is 1. The van der Waals surface area contributed by atoms with Gasteiger partial charge in [-0.05, 0) is 24.3 Å². The Kier molecular flexibility index (Phi) is 4.06. The van der Waals surface area contributed by atoms with Gasteiger partial charge < -0.3 is 5.32 Å².